The molecule has 66 valence electrons. The summed E-state index contributed by atoms with van der Waals surface area (Å²) >= 11 is 11.6. The highest BCUT2D eigenvalue weighted by Crippen LogP contribution is 2.25. The first kappa shape index (κ1) is 9.88. The van der Waals surface area contributed by atoms with E-state index in [4.69, 9.17) is 23.2 Å². The van der Waals surface area contributed by atoms with E-state index < -0.39 is 0 Å². The number of alkyl halides is 1. The van der Waals surface area contributed by atoms with E-state index in [0.29, 0.717) is 5.88 Å². The Hall–Kier alpha value is -0.200. The predicted molar refractivity (Wildman–Crippen MR) is 55.2 cm³/mol. The molecule has 0 saturated heterocycles. The minimum Gasteiger partial charge on any atom is -0.126 e. The van der Waals surface area contributed by atoms with Crippen molar-refractivity contribution in [2.24, 2.45) is 0 Å². The predicted octanol–water partition coefficient (Wildman–Crippen LogP) is 3.86. The van der Waals surface area contributed by atoms with Crippen LogP contribution in [0.2, 0.25) is 5.02 Å². The highest BCUT2D eigenvalue weighted by atomic mass is 35.5. The van der Waals surface area contributed by atoms with Crippen LogP contribution in [0.4, 0.5) is 0 Å². The summed E-state index contributed by atoms with van der Waals surface area (Å²) in [6.45, 7) is 4.23. The third-order valence-electron chi connectivity index (χ3n) is 1.96. The van der Waals surface area contributed by atoms with E-state index in [9.17, 15) is 0 Å². The molecule has 0 fully saturated rings. The van der Waals surface area contributed by atoms with Gasteiger partial charge in [-0.2, -0.15) is 0 Å². The van der Waals surface area contributed by atoms with E-state index in [1.54, 1.807) is 0 Å². The van der Waals surface area contributed by atoms with Crippen LogP contribution in [-0.2, 0) is 5.41 Å². The van der Waals surface area contributed by atoms with Gasteiger partial charge < -0.3 is 0 Å². The van der Waals surface area contributed by atoms with Gasteiger partial charge in [0.25, 0.3) is 0 Å². The van der Waals surface area contributed by atoms with Crippen molar-refractivity contribution in [1.82, 2.24) is 0 Å². The van der Waals surface area contributed by atoms with Crippen LogP contribution >= 0.6 is 23.2 Å². The maximum Gasteiger partial charge on any atom is 0.0406 e. The Labute approximate surface area is 83.5 Å². The largest absolute Gasteiger partial charge is 0.126 e. The summed E-state index contributed by atoms with van der Waals surface area (Å²) in [7, 11) is 0. The lowest BCUT2D eigenvalue weighted by molar-refractivity contribution is 0.598. The lowest BCUT2D eigenvalue weighted by Crippen LogP contribution is -2.18. The van der Waals surface area contributed by atoms with Gasteiger partial charge in [0, 0.05) is 16.3 Å². The SMILES string of the molecule is CC(C)(CCl)c1ccc(Cl)cc1. The van der Waals surface area contributed by atoms with E-state index in [1.165, 1.54) is 5.56 Å². The Morgan fingerprint density at radius 1 is 1.17 bits per heavy atom. The number of benzene rings is 1. The molecule has 0 aliphatic heterocycles. The smallest absolute Gasteiger partial charge is 0.0406 e. The molecule has 0 N–H and O–H groups in total. The van der Waals surface area contributed by atoms with Crippen LogP contribution in [0, 0.1) is 0 Å². The van der Waals surface area contributed by atoms with Crippen LogP contribution in [0.25, 0.3) is 0 Å². The zero-order valence-electron chi connectivity index (χ0n) is 7.27. The summed E-state index contributed by atoms with van der Waals surface area (Å²) in [5.74, 6) is 0.620. The zero-order chi connectivity index (χ0) is 9.19. The number of hydrogen-bond donors (Lipinski definition) is 0. The molecule has 0 aromatic heterocycles. The maximum absolute atomic E-state index is 5.83. The highest BCUT2D eigenvalue weighted by molar-refractivity contribution is 6.30. The van der Waals surface area contributed by atoms with Crippen molar-refractivity contribution in [2.75, 3.05) is 5.88 Å². The number of rotatable bonds is 2. The fourth-order valence-electron chi connectivity index (χ4n) is 0.978. The minimum atomic E-state index is 0.0339. The maximum atomic E-state index is 5.83. The number of hydrogen-bond acceptors (Lipinski definition) is 0. The highest BCUT2D eigenvalue weighted by Gasteiger charge is 2.18. The summed E-state index contributed by atoms with van der Waals surface area (Å²) in [6.07, 6.45) is 0. The van der Waals surface area contributed by atoms with Crippen LogP contribution in [0.3, 0.4) is 0 Å². The van der Waals surface area contributed by atoms with Gasteiger partial charge in [-0.3, -0.25) is 0 Å². The normalized spacial score (nSPS) is 11.7. The molecule has 0 aliphatic rings. The van der Waals surface area contributed by atoms with Crippen LogP contribution in [0.5, 0.6) is 0 Å². The second-order valence-corrected chi connectivity index (χ2v) is 4.23. The summed E-state index contributed by atoms with van der Waals surface area (Å²) in [5.41, 5.74) is 1.26. The van der Waals surface area contributed by atoms with Crippen LogP contribution < -0.4 is 0 Å². The molecule has 2 heteroatoms. The van der Waals surface area contributed by atoms with Gasteiger partial charge in [-0.1, -0.05) is 37.6 Å². The Balaban J connectivity index is 2.96. The van der Waals surface area contributed by atoms with E-state index in [2.05, 4.69) is 13.8 Å². The van der Waals surface area contributed by atoms with E-state index in [0.717, 1.165) is 5.02 Å². The molecule has 0 radical (unpaired) electrons. The Morgan fingerprint density at radius 2 is 1.67 bits per heavy atom. The Kier molecular flexibility index (Phi) is 3.03. The van der Waals surface area contributed by atoms with Crippen molar-refractivity contribution in [2.45, 2.75) is 19.3 Å². The third-order valence-corrected chi connectivity index (χ3v) is 2.88. The average Bonchev–Trinajstić information content (AvgIpc) is 2.05. The first-order valence-corrected chi connectivity index (χ1v) is 4.79. The van der Waals surface area contributed by atoms with Gasteiger partial charge in [0.15, 0.2) is 0 Å². The van der Waals surface area contributed by atoms with Gasteiger partial charge in [0.1, 0.15) is 0 Å². The Morgan fingerprint density at radius 3 is 2.08 bits per heavy atom. The van der Waals surface area contributed by atoms with Crippen molar-refractivity contribution >= 4 is 23.2 Å². The van der Waals surface area contributed by atoms with Gasteiger partial charge in [-0.05, 0) is 17.7 Å². The fourth-order valence-corrected chi connectivity index (χ4v) is 1.26. The molecule has 0 heterocycles. The lowest BCUT2D eigenvalue weighted by atomic mass is 9.87. The third kappa shape index (κ3) is 2.15. The topological polar surface area (TPSA) is 0 Å². The Bertz CT molecular complexity index is 249. The molecule has 0 nitrogen and oxygen atoms in total. The summed E-state index contributed by atoms with van der Waals surface area (Å²) in [6, 6.07) is 7.83. The minimum absolute atomic E-state index is 0.0339. The number of halogens is 2. The fraction of sp³-hybridized carbons (Fsp3) is 0.400. The van der Waals surface area contributed by atoms with Gasteiger partial charge >= 0.3 is 0 Å². The van der Waals surface area contributed by atoms with Crippen molar-refractivity contribution < 1.29 is 0 Å². The van der Waals surface area contributed by atoms with Crippen molar-refractivity contribution in [3.05, 3.63) is 34.9 Å². The van der Waals surface area contributed by atoms with Crippen molar-refractivity contribution in [3.63, 3.8) is 0 Å². The molecule has 0 aliphatic carbocycles. The van der Waals surface area contributed by atoms with Gasteiger partial charge in [0.05, 0.1) is 0 Å². The van der Waals surface area contributed by atoms with Crippen LogP contribution in [0.1, 0.15) is 19.4 Å². The second-order valence-electron chi connectivity index (χ2n) is 3.52. The van der Waals surface area contributed by atoms with Gasteiger partial charge in [0.2, 0.25) is 0 Å². The molecule has 0 bridgehead atoms. The molecule has 1 aromatic rings. The first-order valence-electron chi connectivity index (χ1n) is 3.88. The molecule has 12 heavy (non-hydrogen) atoms. The molecule has 0 unspecified atom stereocenters. The van der Waals surface area contributed by atoms with Gasteiger partial charge in [-0.25, -0.2) is 0 Å². The van der Waals surface area contributed by atoms with E-state index >= 15 is 0 Å². The standard InChI is InChI=1S/C10H12Cl2/c1-10(2,7-11)8-3-5-9(12)6-4-8/h3-6H,7H2,1-2H3. The monoisotopic (exact) mass is 202 g/mol. The average molecular weight is 203 g/mol. The van der Waals surface area contributed by atoms with Gasteiger partial charge in [-0.15, -0.1) is 11.6 Å². The van der Waals surface area contributed by atoms with Crippen LogP contribution in [-0.4, -0.2) is 5.88 Å². The molecule has 1 rings (SSSR count). The van der Waals surface area contributed by atoms with Crippen molar-refractivity contribution in [1.29, 1.82) is 0 Å². The summed E-state index contributed by atoms with van der Waals surface area (Å²) in [5, 5.41) is 0.768. The van der Waals surface area contributed by atoms with E-state index in [1.807, 2.05) is 24.3 Å². The first-order chi connectivity index (χ1) is 5.56. The molecular formula is C10H12Cl2. The molecule has 0 saturated carbocycles. The summed E-state index contributed by atoms with van der Waals surface area (Å²) < 4.78 is 0. The molecule has 0 amide bonds. The zero-order valence-corrected chi connectivity index (χ0v) is 8.78. The van der Waals surface area contributed by atoms with Crippen LogP contribution in [0.15, 0.2) is 24.3 Å². The molecule has 0 spiro atoms. The molecular weight excluding hydrogens is 191 g/mol. The quantitative estimate of drug-likeness (QED) is 0.640. The molecule has 0 atom stereocenters. The van der Waals surface area contributed by atoms with Crippen molar-refractivity contribution in [3.8, 4) is 0 Å². The molecule has 1 aromatic carbocycles. The lowest BCUT2D eigenvalue weighted by Gasteiger charge is -2.21. The second kappa shape index (κ2) is 3.68. The van der Waals surface area contributed by atoms with E-state index in [-0.39, 0.29) is 5.41 Å². The summed E-state index contributed by atoms with van der Waals surface area (Å²) in [4.78, 5) is 0.